The van der Waals surface area contributed by atoms with Gasteiger partial charge in [0.25, 0.3) is 0 Å². The first-order valence-corrected chi connectivity index (χ1v) is 35.6. The van der Waals surface area contributed by atoms with Gasteiger partial charge in [0.1, 0.15) is 0 Å². The van der Waals surface area contributed by atoms with Crippen molar-refractivity contribution in [2.75, 3.05) is 0 Å². The molecule has 5 aromatic rings. The first-order valence-electron chi connectivity index (χ1n) is 19.3. The Kier molecular flexibility index (Phi) is 9.80. The summed E-state index contributed by atoms with van der Waals surface area (Å²) in [5.74, 6) is -1.74. The molecule has 273 valence electrons. The van der Waals surface area contributed by atoms with Crippen LogP contribution in [0.3, 0.4) is 0 Å². The van der Waals surface area contributed by atoms with Gasteiger partial charge in [-0.3, -0.25) is 0 Å². The van der Waals surface area contributed by atoms with Gasteiger partial charge in [0, 0.05) is 0 Å². The molecular weight excluding hydrogens is 779 g/mol. The van der Waals surface area contributed by atoms with E-state index in [1.807, 2.05) is 0 Å². The molecule has 2 unspecified atom stereocenters. The van der Waals surface area contributed by atoms with Gasteiger partial charge in [-0.1, -0.05) is 0 Å². The van der Waals surface area contributed by atoms with E-state index in [1.54, 1.807) is 0 Å². The van der Waals surface area contributed by atoms with E-state index < -0.39 is 21.5 Å². The topological polar surface area (TPSA) is 0 Å². The van der Waals surface area contributed by atoms with Crippen LogP contribution in [0.5, 0.6) is 0 Å². The molecule has 0 amide bonds. The molecule has 0 heterocycles. The summed E-state index contributed by atoms with van der Waals surface area (Å²) in [7, 11) is 17.7. The molecule has 0 spiro atoms. The predicted octanol–water partition coefficient (Wildman–Crippen LogP) is 15.0. The average Bonchev–Trinajstić information content (AvgIpc) is 3.68. The number of hydrogen-bond donors (Lipinski definition) is 0. The number of rotatable bonds is 6. The summed E-state index contributed by atoms with van der Waals surface area (Å²) in [6.45, 7) is 25.3. The van der Waals surface area contributed by atoms with Crippen LogP contribution in [0.2, 0.25) is 13.1 Å². The van der Waals surface area contributed by atoms with Crippen LogP contribution in [-0.2, 0) is 26.4 Å². The van der Waals surface area contributed by atoms with Crippen LogP contribution >= 0.6 is 17.0 Å². The van der Waals surface area contributed by atoms with Crippen molar-refractivity contribution in [1.29, 1.82) is 0 Å². The van der Waals surface area contributed by atoms with Crippen molar-refractivity contribution >= 4 is 40.7 Å². The Bertz CT molecular complexity index is 2280. The van der Waals surface area contributed by atoms with Gasteiger partial charge in [-0.2, -0.15) is 0 Å². The molecule has 0 saturated carbocycles. The Labute approximate surface area is 328 Å². The standard InChI is InChI=1S/C26H25.C21H23.C2H7Si.2ClH.Zr/c1-18-8-10-19(11-9-18)22-16-21-6-5-7-24(25(21)17-22)20-12-14-23(15-13-20)26(2,3)4;1-14-12-19-15(2)6-11-18(20(19)13-14)16-7-9-17(10-8-16)21(3,4)5;1-3-2;;;/h5-17H,1-4H3;6-13H,1-5H3;3H,1-2H3;2*1H;/q;;;;;+2/p-2. The Hall–Kier alpha value is -2.74. The fraction of sp³-hybridized carbons (Fsp3) is 0.306. The molecule has 5 aromatic carbocycles. The second-order valence-electron chi connectivity index (χ2n) is 18.3. The summed E-state index contributed by atoms with van der Waals surface area (Å²) in [5.41, 5.74) is 19.5. The number of fused-ring (bicyclic) bond motifs is 2. The first-order chi connectivity index (χ1) is 24.8. The number of halogens is 2. The van der Waals surface area contributed by atoms with Crippen molar-refractivity contribution in [2.45, 2.75) is 93.5 Å². The van der Waals surface area contributed by atoms with Gasteiger partial charge in [-0.25, -0.2) is 0 Å². The van der Waals surface area contributed by atoms with Gasteiger partial charge < -0.3 is 0 Å². The second-order valence-corrected chi connectivity index (χ2v) is 60.8. The molecule has 0 radical (unpaired) electrons. The molecule has 0 aliphatic heterocycles. The van der Waals surface area contributed by atoms with Gasteiger partial charge in [0.15, 0.2) is 0 Å². The molecule has 2 aliphatic rings. The van der Waals surface area contributed by atoms with Crippen molar-refractivity contribution in [2.24, 2.45) is 0 Å². The maximum atomic E-state index is 8.83. The van der Waals surface area contributed by atoms with Crippen LogP contribution in [0.4, 0.5) is 0 Å². The molecule has 0 bridgehead atoms. The van der Waals surface area contributed by atoms with Gasteiger partial charge in [-0.05, 0) is 0 Å². The Morgan fingerprint density at radius 2 is 1.06 bits per heavy atom. The summed E-state index contributed by atoms with van der Waals surface area (Å²) >= 11 is -5.03. The van der Waals surface area contributed by atoms with E-state index >= 15 is 0 Å². The SMILES string of the molecule is CC1=Cc2c(-c3ccc(C(C)(C)C)cc3)ccc(C)c2[CH]1[Zr]([Cl])([Cl])([CH]1C(c2ccc(C)cc2)=Cc2c(-c3ccc(C(C)(C)C)cc3)cccc21)[SiH](C)C. The molecule has 7 rings (SSSR count). The van der Waals surface area contributed by atoms with E-state index in [4.69, 9.17) is 17.0 Å². The third kappa shape index (κ3) is 6.48. The second kappa shape index (κ2) is 13.5. The van der Waals surface area contributed by atoms with Gasteiger partial charge in [0.2, 0.25) is 0 Å². The van der Waals surface area contributed by atoms with Crippen LogP contribution in [-0.4, -0.2) is 5.92 Å². The van der Waals surface area contributed by atoms with Crippen molar-refractivity contribution < 1.29 is 15.6 Å². The molecule has 4 heteroatoms. The predicted molar refractivity (Wildman–Crippen MR) is 235 cm³/mol. The van der Waals surface area contributed by atoms with Crippen LogP contribution in [0.25, 0.3) is 40.0 Å². The van der Waals surface area contributed by atoms with E-state index in [0.29, 0.717) is 0 Å². The normalized spacial score (nSPS) is 18.0. The maximum absolute atomic E-state index is 8.83. The molecule has 0 saturated heterocycles. The van der Waals surface area contributed by atoms with Crippen molar-refractivity contribution in [3.63, 3.8) is 0 Å². The van der Waals surface area contributed by atoms with Gasteiger partial charge in [-0.15, -0.1) is 0 Å². The van der Waals surface area contributed by atoms with E-state index in [9.17, 15) is 0 Å². The molecule has 0 fully saturated rings. The number of aryl methyl sites for hydroxylation is 2. The van der Waals surface area contributed by atoms with E-state index in [1.165, 1.54) is 83.5 Å². The van der Waals surface area contributed by atoms with Crippen molar-refractivity contribution in [3.05, 3.63) is 159 Å². The number of benzene rings is 5. The number of hydrogen-bond acceptors (Lipinski definition) is 0. The molecule has 0 nitrogen and oxygen atoms in total. The first kappa shape index (κ1) is 38.5. The fourth-order valence-corrected chi connectivity index (χ4v) is 40.7. The van der Waals surface area contributed by atoms with E-state index in [0.717, 1.165) is 0 Å². The molecular formula is C49H55Cl2SiZr. The summed E-state index contributed by atoms with van der Waals surface area (Å²) < 4.78 is -0.0128. The van der Waals surface area contributed by atoms with Crippen LogP contribution in [0.1, 0.15) is 106 Å². The van der Waals surface area contributed by atoms with E-state index in [2.05, 4.69) is 191 Å². The quantitative estimate of drug-likeness (QED) is 0.150. The summed E-state index contributed by atoms with van der Waals surface area (Å²) in [4.78, 5) is 0. The zero-order chi connectivity index (χ0) is 38.3. The fourth-order valence-electron chi connectivity index (χ4n) is 9.16. The third-order valence-corrected chi connectivity index (χ3v) is 64.3. The minimum atomic E-state index is -5.03. The molecule has 0 aromatic heterocycles. The summed E-state index contributed by atoms with van der Waals surface area (Å²) in [6, 6.07) is 38.9. The Morgan fingerprint density at radius 3 is 1.57 bits per heavy atom. The third-order valence-electron chi connectivity index (χ3n) is 12.4. The van der Waals surface area contributed by atoms with Crippen molar-refractivity contribution in [3.8, 4) is 22.3 Å². The van der Waals surface area contributed by atoms with Crippen LogP contribution in [0, 0.1) is 13.8 Å². The summed E-state index contributed by atoms with van der Waals surface area (Å²) in [6.07, 6.45) is 4.90. The number of allylic oxidation sites excluding steroid dienone is 2. The Balaban J connectivity index is 1.45. The molecule has 2 atom stereocenters. The van der Waals surface area contributed by atoms with E-state index in [-0.39, 0.29) is 18.1 Å². The van der Waals surface area contributed by atoms with Crippen molar-refractivity contribution in [1.82, 2.24) is 0 Å². The van der Waals surface area contributed by atoms with Crippen LogP contribution < -0.4 is 0 Å². The van der Waals surface area contributed by atoms with Gasteiger partial charge in [0.05, 0.1) is 0 Å². The monoisotopic (exact) mass is 831 g/mol. The Morgan fingerprint density at radius 1 is 0.547 bits per heavy atom. The minimum absolute atomic E-state index is 0.0229. The van der Waals surface area contributed by atoms with Crippen LogP contribution in [0.15, 0.2) is 109 Å². The average molecular weight is 834 g/mol. The molecule has 2 aliphatic carbocycles. The van der Waals surface area contributed by atoms with Gasteiger partial charge >= 0.3 is 331 Å². The molecule has 53 heavy (non-hydrogen) atoms. The zero-order valence-electron chi connectivity index (χ0n) is 33.5. The summed E-state index contributed by atoms with van der Waals surface area (Å²) in [5, 5.41) is 0. The zero-order valence-corrected chi connectivity index (χ0v) is 38.6. The molecule has 0 N–H and O–H groups in total.